The number of allylic oxidation sites excluding steroid dienone is 3. The predicted octanol–water partition coefficient (Wildman–Crippen LogP) is 3.87. The molecular weight excluding hydrogens is 233 g/mol. The molecule has 0 aromatic carbocycles. The SMILES string of the molecule is CC(C)[N+](C1=CC=CC1)(C(C)C)C(C)C.[V]. The van der Waals surface area contributed by atoms with Gasteiger partial charge >= 0.3 is 0 Å². The second-order valence-corrected chi connectivity index (χ2v) is 5.41. The minimum Gasteiger partial charge on any atom is -0.289 e. The molecule has 0 N–H and O–H groups in total. The first-order chi connectivity index (χ1) is 6.94. The number of quaternary nitrogens is 1. The molecule has 0 heterocycles. The van der Waals surface area contributed by atoms with E-state index >= 15 is 0 Å². The monoisotopic (exact) mass is 259 g/mol. The predicted molar refractivity (Wildman–Crippen MR) is 67.5 cm³/mol. The van der Waals surface area contributed by atoms with Crippen molar-refractivity contribution in [3.63, 3.8) is 0 Å². The van der Waals surface area contributed by atoms with Gasteiger partial charge in [0.05, 0.1) is 18.1 Å². The van der Waals surface area contributed by atoms with E-state index in [-0.39, 0.29) is 18.6 Å². The van der Waals surface area contributed by atoms with Crippen LogP contribution in [0.5, 0.6) is 0 Å². The molecule has 1 rings (SSSR count). The molecule has 0 bridgehead atoms. The van der Waals surface area contributed by atoms with E-state index in [1.54, 1.807) is 5.70 Å². The minimum absolute atomic E-state index is 0. The first kappa shape index (κ1) is 16.0. The summed E-state index contributed by atoms with van der Waals surface area (Å²) < 4.78 is 1.13. The molecule has 0 saturated heterocycles. The molecule has 0 amide bonds. The molecule has 1 nitrogen and oxygen atoms in total. The third kappa shape index (κ3) is 2.47. The summed E-state index contributed by atoms with van der Waals surface area (Å²) in [6.07, 6.45) is 7.93. The van der Waals surface area contributed by atoms with Gasteiger partial charge < -0.3 is 0 Å². The number of rotatable bonds is 4. The van der Waals surface area contributed by atoms with E-state index in [0.29, 0.717) is 18.1 Å². The van der Waals surface area contributed by atoms with E-state index in [4.69, 9.17) is 0 Å². The average Bonchev–Trinajstić information content (AvgIpc) is 2.55. The molecule has 0 saturated carbocycles. The van der Waals surface area contributed by atoms with Crippen LogP contribution in [-0.2, 0) is 18.6 Å². The molecule has 0 atom stereocenters. The first-order valence-electron chi connectivity index (χ1n) is 6.18. The Hall–Kier alpha value is 0.0244. The Kier molecular flexibility index (Phi) is 6.10. The van der Waals surface area contributed by atoms with Crippen molar-refractivity contribution in [3.8, 4) is 0 Å². The van der Waals surface area contributed by atoms with Crippen LogP contribution in [0.2, 0.25) is 0 Å². The molecule has 91 valence electrons. The zero-order valence-corrected chi connectivity index (χ0v) is 13.0. The summed E-state index contributed by atoms with van der Waals surface area (Å²) in [6, 6.07) is 1.95. The second-order valence-electron chi connectivity index (χ2n) is 5.41. The number of hydrogen-bond donors (Lipinski definition) is 0. The van der Waals surface area contributed by atoms with Crippen molar-refractivity contribution in [2.24, 2.45) is 0 Å². The molecule has 1 aliphatic rings. The number of nitrogens with zero attached hydrogens (tertiary/aromatic N) is 1. The van der Waals surface area contributed by atoms with Crippen LogP contribution in [0.4, 0.5) is 0 Å². The molecule has 0 aromatic heterocycles. The molecule has 1 radical (unpaired) electrons. The van der Waals surface area contributed by atoms with Gasteiger partial charge in [0, 0.05) is 25.0 Å². The van der Waals surface area contributed by atoms with Crippen LogP contribution in [-0.4, -0.2) is 22.6 Å². The molecule has 0 aromatic rings. The van der Waals surface area contributed by atoms with Crippen LogP contribution in [0.3, 0.4) is 0 Å². The minimum atomic E-state index is 0. The molecule has 16 heavy (non-hydrogen) atoms. The summed E-state index contributed by atoms with van der Waals surface area (Å²) in [6.45, 7) is 14.1. The molecule has 0 unspecified atom stereocenters. The van der Waals surface area contributed by atoms with Gasteiger partial charge in [-0.15, -0.1) is 0 Å². The Labute approximate surface area is 113 Å². The van der Waals surface area contributed by atoms with Crippen LogP contribution < -0.4 is 0 Å². The fourth-order valence-corrected chi connectivity index (χ4v) is 3.51. The van der Waals surface area contributed by atoms with Gasteiger partial charge in [0.2, 0.25) is 0 Å². The van der Waals surface area contributed by atoms with Crippen molar-refractivity contribution in [2.45, 2.75) is 66.1 Å². The third-order valence-corrected chi connectivity index (χ3v) is 3.81. The van der Waals surface area contributed by atoms with Gasteiger partial charge in [0.25, 0.3) is 0 Å². The maximum Gasteiger partial charge on any atom is 0.113 e. The van der Waals surface area contributed by atoms with Crippen molar-refractivity contribution in [1.29, 1.82) is 0 Å². The van der Waals surface area contributed by atoms with Gasteiger partial charge in [0.1, 0.15) is 5.70 Å². The molecular formula is C14H26NV+. The zero-order valence-electron chi connectivity index (χ0n) is 11.6. The summed E-state index contributed by atoms with van der Waals surface area (Å²) in [4.78, 5) is 0. The average molecular weight is 259 g/mol. The molecule has 1 aliphatic carbocycles. The Bertz CT molecular complexity index is 253. The van der Waals surface area contributed by atoms with E-state index in [1.165, 1.54) is 0 Å². The summed E-state index contributed by atoms with van der Waals surface area (Å²) in [5.74, 6) is 0. The standard InChI is InChI=1S/C14H26N.V/c1-11(2)15(12(3)4,13(5)6)14-9-7-8-10-14;/h7-9,11-13H,10H2,1-6H3;/q+1;. The van der Waals surface area contributed by atoms with Gasteiger partial charge in [-0.3, -0.25) is 4.48 Å². The Balaban J connectivity index is 0.00000225. The maximum absolute atomic E-state index is 2.35. The Morgan fingerprint density at radius 1 is 0.938 bits per heavy atom. The fourth-order valence-electron chi connectivity index (χ4n) is 3.51. The quantitative estimate of drug-likeness (QED) is 0.672. The molecule has 2 heteroatoms. The Morgan fingerprint density at radius 3 is 1.62 bits per heavy atom. The van der Waals surface area contributed by atoms with Gasteiger partial charge in [-0.1, -0.05) is 12.2 Å². The van der Waals surface area contributed by atoms with Crippen molar-refractivity contribution in [3.05, 3.63) is 23.9 Å². The van der Waals surface area contributed by atoms with E-state index in [0.717, 1.165) is 10.9 Å². The zero-order chi connectivity index (χ0) is 11.6. The van der Waals surface area contributed by atoms with Gasteiger partial charge in [0.15, 0.2) is 0 Å². The smallest absolute Gasteiger partial charge is 0.113 e. The van der Waals surface area contributed by atoms with Gasteiger partial charge in [-0.2, -0.15) is 0 Å². The van der Waals surface area contributed by atoms with Crippen LogP contribution in [0.15, 0.2) is 23.9 Å². The van der Waals surface area contributed by atoms with E-state index in [2.05, 4.69) is 59.8 Å². The third-order valence-electron chi connectivity index (χ3n) is 3.81. The molecule has 0 fully saturated rings. The normalized spacial score (nSPS) is 15.9. The van der Waals surface area contributed by atoms with Crippen LogP contribution in [0.1, 0.15) is 48.0 Å². The van der Waals surface area contributed by atoms with Crippen LogP contribution in [0, 0.1) is 0 Å². The molecule has 0 spiro atoms. The fraction of sp³-hybridized carbons (Fsp3) is 0.714. The Morgan fingerprint density at radius 2 is 1.38 bits per heavy atom. The summed E-state index contributed by atoms with van der Waals surface area (Å²) in [5.41, 5.74) is 1.58. The maximum atomic E-state index is 2.35. The summed E-state index contributed by atoms with van der Waals surface area (Å²) >= 11 is 0. The van der Waals surface area contributed by atoms with Crippen molar-refractivity contribution in [1.82, 2.24) is 0 Å². The largest absolute Gasteiger partial charge is 0.289 e. The molecule has 0 aliphatic heterocycles. The van der Waals surface area contributed by atoms with Gasteiger partial charge in [-0.05, 0) is 47.6 Å². The van der Waals surface area contributed by atoms with Crippen LogP contribution in [0.25, 0.3) is 0 Å². The van der Waals surface area contributed by atoms with E-state index < -0.39 is 0 Å². The number of hydrogen-bond acceptors (Lipinski definition) is 0. The first-order valence-corrected chi connectivity index (χ1v) is 6.18. The summed E-state index contributed by atoms with van der Waals surface area (Å²) in [7, 11) is 0. The summed E-state index contributed by atoms with van der Waals surface area (Å²) in [5, 5.41) is 0. The van der Waals surface area contributed by atoms with Crippen molar-refractivity contribution < 1.29 is 23.0 Å². The van der Waals surface area contributed by atoms with Crippen LogP contribution >= 0.6 is 0 Å². The van der Waals surface area contributed by atoms with Crippen molar-refractivity contribution >= 4 is 0 Å². The second kappa shape index (κ2) is 6.09. The van der Waals surface area contributed by atoms with Gasteiger partial charge in [-0.25, -0.2) is 0 Å². The topological polar surface area (TPSA) is 0 Å². The van der Waals surface area contributed by atoms with E-state index in [9.17, 15) is 0 Å². The van der Waals surface area contributed by atoms with Crippen molar-refractivity contribution in [2.75, 3.05) is 0 Å². The van der Waals surface area contributed by atoms with E-state index in [1.807, 2.05) is 0 Å².